The Balaban J connectivity index is 1.93. The molecule has 0 spiro atoms. The van der Waals surface area contributed by atoms with Crippen LogP contribution in [0.4, 0.5) is 14.9 Å². The van der Waals surface area contributed by atoms with Crippen molar-refractivity contribution in [3.63, 3.8) is 0 Å². The molecule has 2 N–H and O–H groups in total. The number of halogens is 1. The highest BCUT2D eigenvalue weighted by molar-refractivity contribution is 5.96. The number of hydrogen-bond acceptors (Lipinski definition) is 2. The van der Waals surface area contributed by atoms with Gasteiger partial charge in [0.15, 0.2) is 0 Å². The number of hydrogen-bond donors (Lipinski definition) is 2. The van der Waals surface area contributed by atoms with Gasteiger partial charge in [-0.25, -0.2) is 9.18 Å². The molecule has 1 heterocycles. The Morgan fingerprint density at radius 3 is 2.75 bits per heavy atom. The predicted octanol–water partition coefficient (Wildman–Crippen LogP) is 1.64. The van der Waals surface area contributed by atoms with Crippen LogP contribution >= 0.6 is 0 Å². The molecule has 3 amide bonds. The van der Waals surface area contributed by atoms with E-state index in [1.807, 2.05) is 6.92 Å². The Morgan fingerprint density at radius 1 is 1.40 bits per heavy atom. The van der Waals surface area contributed by atoms with Crippen molar-refractivity contribution in [1.82, 2.24) is 10.6 Å². The van der Waals surface area contributed by atoms with E-state index in [1.165, 1.54) is 12.1 Å². The number of carbonyl (C=O) groups excluding carboxylic acids is 2. The second kappa shape index (κ2) is 6.36. The van der Waals surface area contributed by atoms with Crippen molar-refractivity contribution < 1.29 is 14.0 Å². The van der Waals surface area contributed by atoms with Crippen LogP contribution in [-0.4, -0.2) is 31.1 Å². The van der Waals surface area contributed by atoms with Crippen molar-refractivity contribution in [2.75, 3.05) is 18.0 Å². The lowest BCUT2D eigenvalue weighted by atomic mass is 10.2. The molecule has 0 aromatic heterocycles. The van der Waals surface area contributed by atoms with Crippen molar-refractivity contribution in [3.05, 3.63) is 30.1 Å². The predicted molar refractivity (Wildman–Crippen MR) is 74.0 cm³/mol. The molecule has 0 bridgehead atoms. The highest BCUT2D eigenvalue weighted by Crippen LogP contribution is 2.21. The standard InChI is InChI=1S/C14H18FN3O2/c1-2-7-16-14(20)17-11-8-13(19)18(9-11)12-5-3-10(15)4-6-12/h3-6,11H,2,7-9H2,1H3,(H2,16,17,20). The summed E-state index contributed by atoms with van der Waals surface area (Å²) < 4.78 is 12.9. The van der Waals surface area contributed by atoms with Gasteiger partial charge in [0.25, 0.3) is 0 Å². The molecule has 1 aliphatic rings. The van der Waals surface area contributed by atoms with Crippen LogP contribution in [0.3, 0.4) is 0 Å². The fourth-order valence-corrected chi connectivity index (χ4v) is 2.15. The molecular weight excluding hydrogens is 261 g/mol. The molecule has 1 aliphatic heterocycles. The first kappa shape index (κ1) is 14.3. The summed E-state index contributed by atoms with van der Waals surface area (Å²) >= 11 is 0. The Labute approximate surface area is 117 Å². The topological polar surface area (TPSA) is 61.4 Å². The number of rotatable bonds is 4. The lowest BCUT2D eigenvalue weighted by Gasteiger charge is -2.17. The van der Waals surface area contributed by atoms with Gasteiger partial charge in [0, 0.05) is 25.2 Å². The molecule has 1 fully saturated rings. The summed E-state index contributed by atoms with van der Waals surface area (Å²) in [6, 6.07) is 5.28. The van der Waals surface area contributed by atoms with Crippen LogP contribution in [0.5, 0.6) is 0 Å². The summed E-state index contributed by atoms with van der Waals surface area (Å²) in [6.45, 7) is 2.98. The molecule has 1 atom stereocenters. The Bertz CT molecular complexity index is 490. The fourth-order valence-electron chi connectivity index (χ4n) is 2.15. The quantitative estimate of drug-likeness (QED) is 0.880. The number of urea groups is 1. The van der Waals surface area contributed by atoms with E-state index in [0.717, 1.165) is 6.42 Å². The SMILES string of the molecule is CCCNC(=O)NC1CC(=O)N(c2ccc(F)cc2)C1. The average molecular weight is 279 g/mol. The number of benzene rings is 1. The third-order valence-electron chi connectivity index (χ3n) is 3.13. The third kappa shape index (κ3) is 3.46. The van der Waals surface area contributed by atoms with Crippen LogP contribution in [0.1, 0.15) is 19.8 Å². The van der Waals surface area contributed by atoms with Crippen LogP contribution in [0.2, 0.25) is 0 Å². The Kier molecular flexibility index (Phi) is 4.55. The Hall–Kier alpha value is -2.11. The number of carbonyl (C=O) groups is 2. The molecule has 5 nitrogen and oxygen atoms in total. The van der Waals surface area contributed by atoms with E-state index in [2.05, 4.69) is 10.6 Å². The summed E-state index contributed by atoms with van der Waals surface area (Å²) in [6.07, 6.45) is 1.12. The van der Waals surface area contributed by atoms with E-state index < -0.39 is 0 Å². The Morgan fingerprint density at radius 2 is 2.10 bits per heavy atom. The molecule has 0 radical (unpaired) electrons. The van der Waals surface area contributed by atoms with Gasteiger partial charge in [-0.2, -0.15) is 0 Å². The summed E-state index contributed by atoms with van der Waals surface area (Å²) in [5.74, 6) is -0.411. The molecule has 20 heavy (non-hydrogen) atoms. The highest BCUT2D eigenvalue weighted by atomic mass is 19.1. The monoisotopic (exact) mass is 279 g/mol. The van der Waals surface area contributed by atoms with Gasteiger partial charge in [0.05, 0.1) is 6.04 Å². The van der Waals surface area contributed by atoms with Gasteiger partial charge in [-0.15, -0.1) is 0 Å². The number of nitrogens with one attached hydrogen (secondary N) is 2. The molecular formula is C14H18FN3O2. The molecule has 1 saturated heterocycles. The zero-order chi connectivity index (χ0) is 14.5. The van der Waals surface area contributed by atoms with Crippen molar-refractivity contribution in [1.29, 1.82) is 0 Å². The summed E-state index contributed by atoms with van der Waals surface area (Å²) in [7, 11) is 0. The molecule has 1 aromatic carbocycles. The van der Waals surface area contributed by atoms with Gasteiger partial charge in [0.1, 0.15) is 5.82 Å². The van der Waals surface area contributed by atoms with Crippen LogP contribution in [0, 0.1) is 5.82 Å². The second-order valence-corrected chi connectivity index (χ2v) is 4.78. The van der Waals surface area contributed by atoms with Gasteiger partial charge in [-0.1, -0.05) is 6.92 Å². The number of amides is 3. The third-order valence-corrected chi connectivity index (χ3v) is 3.13. The minimum absolute atomic E-state index is 0.0719. The second-order valence-electron chi connectivity index (χ2n) is 4.78. The van der Waals surface area contributed by atoms with E-state index in [1.54, 1.807) is 17.0 Å². The molecule has 1 unspecified atom stereocenters. The molecule has 6 heteroatoms. The van der Waals surface area contributed by atoms with Crippen molar-refractivity contribution >= 4 is 17.6 Å². The molecule has 108 valence electrons. The molecule has 0 aliphatic carbocycles. The normalized spacial score (nSPS) is 18.2. The average Bonchev–Trinajstić information content (AvgIpc) is 2.78. The maximum absolute atomic E-state index is 12.9. The summed E-state index contributed by atoms with van der Waals surface area (Å²) in [4.78, 5) is 25.0. The van der Waals surface area contributed by atoms with Crippen LogP contribution in [0.25, 0.3) is 0 Å². The summed E-state index contributed by atoms with van der Waals surface area (Å²) in [5.41, 5.74) is 0.648. The summed E-state index contributed by atoms with van der Waals surface area (Å²) in [5, 5.41) is 5.48. The largest absolute Gasteiger partial charge is 0.338 e. The van der Waals surface area contributed by atoms with E-state index in [0.29, 0.717) is 18.8 Å². The van der Waals surface area contributed by atoms with Gasteiger partial charge in [-0.3, -0.25) is 4.79 Å². The van der Waals surface area contributed by atoms with Crippen molar-refractivity contribution in [2.45, 2.75) is 25.8 Å². The first-order valence-corrected chi connectivity index (χ1v) is 6.70. The molecule has 1 aromatic rings. The first-order valence-electron chi connectivity index (χ1n) is 6.70. The zero-order valence-corrected chi connectivity index (χ0v) is 11.4. The van der Waals surface area contributed by atoms with Crippen molar-refractivity contribution in [2.24, 2.45) is 0 Å². The van der Waals surface area contributed by atoms with Crippen LogP contribution < -0.4 is 15.5 Å². The minimum atomic E-state index is -0.339. The van der Waals surface area contributed by atoms with Gasteiger partial charge >= 0.3 is 6.03 Å². The fraction of sp³-hybridized carbons (Fsp3) is 0.429. The smallest absolute Gasteiger partial charge is 0.315 e. The first-order chi connectivity index (χ1) is 9.60. The maximum Gasteiger partial charge on any atom is 0.315 e. The lowest BCUT2D eigenvalue weighted by molar-refractivity contribution is -0.117. The van der Waals surface area contributed by atoms with Crippen LogP contribution in [0.15, 0.2) is 24.3 Å². The van der Waals surface area contributed by atoms with Gasteiger partial charge in [-0.05, 0) is 30.7 Å². The van der Waals surface area contributed by atoms with E-state index in [-0.39, 0.29) is 30.2 Å². The van der Waals surface area contributed by atoms with Gasteiger partial charge in [0.2, 0.25) is 5.91 Å². The van der Waals surface area contributed by atoms with Gasteiger partial charge < -0.3 is 15.5 Å². The van der Waals surface area contributed by atoms with E-state index in [4.69, 9.17) is 0 Å². The highest BCUT2D eigenvalue weighted by Gasteiger charge is 2.31. The van der Waals surface area contributed by atoms with E-state index >= 15 is 0 Å². The van der Waals surface area contributed by atoms with Crippen molar-refractivity contribution in [3.8, 4) is 0 Å². The van der Waals surface area contributed by atoms with E-state index in [9.17, 15) is 14.0 Å². The molecule has 2 rings (SSSR count). The minimum Gasteiger partial charge on any atom is -0.338 e. The molecule has 0 saturated carbocycles. The number of nitrogens with zero attached hydrogens (tertiary/aromatic N) is 1. The van der Waals surface area contributed by atoms with Crippen LogP contribution in [-0.2, 0) is 4.79 Å². The number of anilines is 1. The maximum atomic E-state index is 12.9. The lowest BCUT2D eigenvalue weighted by Crippen LogP contribution is -2.43. The zero-order valence-electron chi connectivity index (χ0n) is 11.4.